The van der Waals surface area contributed by atoms with E-state index in [0.29, 0.717) is 23.1 Å². The van der Waals surface area contributed by atoms with Crippen molar-refractivity contribution >= 4 is 26.9 Å². The quantitative estimate of drug-likeness (QED) is 0.385. The van der Waals surface area contributed by atoms with Gasteiger partial charge in [-0.3, -0.25) is 9.48 Å². The average molecular weight is 470 g/mol. The van der Waals surface area contributed by atoms with Crippen molar-refractivity contribution < 1.29 is 22.3 Å². The van der Waals surface area contributed by atoms with E-state index >= 15 is 0 Å². The van der Waals surface area contributed by atoms with Gasteiger partial charge in [0.25, 0.3) is 10.0 Å². The van der Waals surface area contributed by atoms with Crippen LogP contribution in [0.4, 0.5) is 4.39 Å². The lowest BCUT2D eigenvalue weighted by Gasteiger charge is -2.19. The molecule has 7 nitrogen and oxygen atoms in total. The van der Waals surface area contributed by atoms with E-state index in [-0.39, 0.29) is 22.8 Å². The number of rotatable bonds is 6. The van der Waals surface area contributed by atoms with Gasteiger partial charge in [-0.2, -0.15) is 5.10 Å². The maximum absolute atomic E-state index is 14.0. The Hall–Kier alpha value is -3.46. The summed E-state index contributed by atoms with van der Waals surface area (Å²) in [7, 11) is -3.94. The molecule has 0 radical (unpaired) electrons. The van der Waals surface area contributed by atoms with Crippen LogP contribution < -0.4 is 0 Å². The number of nitrogens with zero attached hydrogens (tertiary/aromatic N) is 3. The molecule has 2 aromatic heterocycles. The van der Waals surface area contributed by atoms with Crippen molar-refractivity contribution in [2.45, 2.75) is 44.2 Å². The summed E-state index contributed by atoms with van der Waals surface area (Å²) in [4.78, 5) is 12.1. The molecule has 0 saturated heterocycles. The van der Waals surface area contributed by atoms with Crippen molar-refractivity contribution in [1.29, 1.82) is 0 Å². The van der Waals surface area contributed by atoms with Gasteiger partial charge < -0.3 is 4.74 Å². The zero-order valence-electron chi connectivity index (χ0n) is 18.5. The van der Waals surface area contributed by atoms with Gasteiger partial charge in [0.2, 0.25) is 0 Å². The molecule has 0 unspecified atom stereocenters. The highest BCUT2D eigenvalue weighted by molar-refractivity contribution is 7.90. The first-order valence-corrected chi connectivity index (χ1v) is 11.8. The van der Waals surface area contributed by atoms with E-state index in [1.807, 2.05) is 0 Å². The van der Waals surface area contributed by atoms with E-state index in [1.54, 1.807) is 62.1 Å². The Kier molecular flexibility index (Phi) is 5.84. The molecular formula is C24H24FN3O4S. The Morgan fingerprint density at radius 3 is 2.52 bits per heavy atom. The first-order valence-electron chi connectivity index (χ1n) is 10.4. The van der Waals surface area contributed by atoms with Crippen molar-refractivity contribution in [3.05, 3.63) is 72.9 Å². The maximum Gasteiger partial charge on any atom is 0.308 e. The summed E-state index contributed by atoms with van der Waals surface area (Å²) in [5.41, 5.74) is 0.912. The number of halogens is 1. The summed E-state index contributed by atoms with van der Waals surface area (Å²) in [5.74, 6) is -0.870. The zero-order chi connectivity index (χ0) is 23.8. The second kappa shape index (κ2) is 8.47. The number of benzene rings is 2. The van der Waals surface area contributed by atoms with Crippen LogP contribution in [0.1, 0.15) is 27.2 Å². The highest BCUT2D eigenvalue weighted by atomic mass is 32.2. The van der Waals surface area contributed by atoms with Gasteiger partial charge in [0, 0.05) is 28.9 Å². The molecule has 9 heteroatoms. The third-order valence-electron chi connectivity index (χ3n) is 4.94. The molecule has 0 aliphatic heterocycles. The van der Waals surface area contributed by atoms with Crippen molar-refractivity contribution in [2.75, 3.05) is 0 Å². The van der Waals surface area contributed by atoms with Crippen molar-refractivity contribution in [3.63, 3.8) is 0 Å². The lowest BCUT2D eigenvalue weighted by molar-refractivity contribution is -0.155. The summed E-state index contributed by atoms with van der Waals surface area (Å²) in [6.07, 6.45) is 4.93. The molecule has 0 fully saturated rings. The van der Waals surface area contributed by atoms with E-state index in [4.69, 9.17) is 4.74 Å². The first kappa shape index (κ1) is 22.7. The summed E-state index contributed by atoms with van der Waals surface area (Å²) >= 11 is 0. The van der Waals surface area contributed by atoms with Crippen LogP contribution in [-0.4, -0.2) is 33.7 Å². The fraction of sp³-hybridized carbons (Fsp3) is 0.250. The Balaban J connectivity index is 1.70. The fourth-order valence-electron chi connectivity index (χ4n) is 3.53. The Morgan fingerprint density at radius 1 is 1.09 bits per heavy atom. The fourth-order valence-corrected chi connectivity index (χ4v) is 4.91. The molecule has 172 valence electrons. The molecule has 0 saturated carbocycles. The summed E-state index contributed by atoms with van der Waals surface area (Å²) < 4.78 is 48.6. The lowest BCUT2D eigenvalue weighted by atomic mass is 10.1. The Morgan fingerprint density at radius 2 is 1.82 bits per heavy atom. The molecule has 0 spiro atoms. The van der Waals surface area contributed by atoms with Crippen LogP contribution in [0.15, 0.2) is 72.0 Å². The van der Waals surface area contributed by atoms with E-state index < -0.39 is 21.4 Å². The van der Waals surface area contributed by atoms with Crippen LogP contribution in [0.2, 0.25) is 0 Å². The number of ether oxygens (including phenoxy) is 1. The van der Waals surface area contributed by atoms with Crippen LogP contribution in [0.5, 0.6) is 0 Å². The first-order chi connectivity index (χ1) is 15.5. The molecule has 33 heavy (non-hydrogen) atoms. The van der Waals surface area contributed by atoms with Crippen LogP contribution >= 0.6 is 0 Å². The average Bonchev–Trinajstić information content (AvgIpc) is 3.36. The molecule has 0 atom stereocenters. The largest absolute Gasteiger partial charge is 0.460 e. The predicted molar refractivity (Wildman–Crippen MR) is 123 cm³/mol. The van der Waals surface area contributed by atoms with Crippen LogP contribution in [0.25, 0.3) is 22.0 Å². The molecule has 0 bridgehead atoms. The summed E-state index contributed by atoms with van der Waals surface area (Å²) in [5, 5.41) is 4.86. The number of aromatic nitrogens is 3. The number of carbonyl (C=O) groups is 1. The summed E-state index contributed by atoms with van der Waals surface area (Å²) in [6.45, 7) is 5.72. The number of hydrogen-bond acceptors (Lipinski definition) is 5. The zero-order valence-corrected chi connectivity index (χ0v) is 19.3. The van der Waals surface area contributed by atoms with Gasteiger partial charge in [0.15, 0.2) is 0 Å². The van der Waals surface area contributed by atoms with E-state index in [1.165, 1.54) is 30.5 Å². The third kappa shape index (κ3) is 4.83. The summed E-state index contributed by atoms with van der Waals surface area (Å²) in [6, 6.07) is 12.0. The highest BCUT2D eigenvalue weighted by Crippen LogP contribution is 2.33. The van der Waals surface area contributed by atoms with Crippen LogP contribution in [0.3, 0.4) is 0 Å². The number of fused-ring (bicyclic) bond motifs is 1. The van der Waals surface area contributed by atoms with E-state index in [2.05, 4.69) is 5.10 Å². The van der Waals surface area contributed by atoms with E-state index in [0.717, 1.165) is 3.97 Å². The second-order valence-electron chi connectivity index (χ2n) is 8.65. The molecule has 4 rings (SSSR count). The van der Waals surface area contributed by atoms with Crippen LogP contribution in [0, 0.1) is 5.82 Å². The van der Waals surface area contributed by atoms with Gasteiger partial charge in [-0.25, -0.2) is 16.8 Å². The van der Waals surface area contributed by atoms with Gasteiger partial charge >= 0.3 is 5.97 Å². The molecular weight excluding hydrogens is 445 g/mol. The molecule has 4 aromatic rings. The Labute approximate surface area is 191 Å². The lowest BCUT2D eigenvalue weighted by Crippen LogP contribution is -2.24. The normalized spacial score (nSPS) is 12.2. The Bertz CT molecular complexity index is 1420. The maximum atomic E-state index is 14.0. The molecule has 2 heterocycles. The molecule has 0 aliphatic rings. The number of aryl methyl sites for hydroxylation is 1. The number of esters is 1. The standard InChI is InChI=1S/C24H24FN3O4S/c1-24(2,3)32-23(29)11-12-27-15-17(14-26-27)21-16-28(22-13-18(25)9-10-20(21)22)33(30,31)19-7-5-4-6-8-19/h4-10,13-16H,11-12H2,1-3H3. The smallest absolute Gasteiger partial charge is 0.308 e. The van der Waals surface area contributed by atoms with Crippen molar-refractivity contribution in [2.24, 2.45) is 0 Å². The van der Waals surface area contributed by atoms with E-state index in [9.17, 15) is 17.6 Å². The topological polar surface area (TPSA) is 83.2 Å². The highest BCUT2D eigenvalue weighted by Gasteiger charge is 2.23. The van der Waals surface area contributed by atoms with Crippen molar-refractivity contribution in [3.8, 4) is 11.1 Å². The molecule has 0 aliphatic carbocycles. The third-order valence-corrected chi connectivity index (χ3v) is 6.63. The minimum Gasteiger partial charge on any atom is -0.460 e. The van der Waals surface area contributed by atoms with Gasteiger partial charge in [-0.1, -0.05) is 18.2 Å². The molecule has 2 aromatic carbocycles. The predicted octanol–water partition coefficient (Wildman–Crippen LogP) is 4.61. The van der Waals surface area contributed by atoms with Gasteiger partial charge in [0.05, 0.1) is 29.6 Å². The molecule has 0 N–H and O–H groups in total. The monoisotopic (exact) mass is 469 g/mol. The van der Waals surface area contributed by atoms with Gasteiger partial charge in [-0.15, -0.1) is 0 Å². The van der Waals surface area contributed by atoms with Crippen LogP contribution in [-0.2, 0) is 26.1 Å². The number of hydrogen-bond donors (Lipinski definition) is 0. The van der Waals surface area contributed by atoms with Gasteiger partial charge in [-0.05, 0) is 51.1 Å². The minimum absolute atomic E-state index is 0.103. The van der Waals surface area contributed by atoms with Gasteiger partial charge in [0.1, 0.15) is 11.4 Å². The minimum atomic E-state index is -3.94. The SMILES string of the molecule is CC(C)(C)OC(=O)CCn1cc(-c2cn(S(=O)(=O)c3ccccc3)c3cc(F)ccc23)cn1. The molecule has 0 amide bonds. The van der Waals surface area contributed by atoms with Crippen molar-refractivity contribution in [1.82, 2.24) is 13.8 Å². The number of carbonyl (C=O) groups excluding carboxylic acids is 1. The second-order valence-corrected chi connectivity index (χ2v) is 10.5.